The molecule has 0 radical (unpaired) electrons. The van der Waals surface area contributed by atoms with Gasteiger partial charge < -0.3 is 9.47 Å². The second kappa shape index (κ2) is 6.49. The molecule has 0 spiro atoms. The molecule has 2 aromatic rings. The van der Waals surface area contributed by atoms with E-state index in [1.54, 1.807) is 0 Å². The van der Waals surface area contributed by atoms with E-state index < -0.39 is 0 Å². The van der Waals surface area contributed by atoms with E-state index in [2.05, 4.69) is 0 Å². The van der Waals surface area contributed by atoms with E-state index in [4.69, 9.17) is 14.3 Å². The zero-order valence-electron chi connectivity index (χ0n) is 12.3. The van der Waals surface area contributed by atoms with Crippen LogP contribution in [-0.4, -0.2) is 17.8 Å². The van der Waals surface area contributed by atoms with Gasteiger partial charge in [0.15, 0.2) is 11.5 Å². The third-order valence-electron chi connectivity index (χ3n) is 3.34. The average Bonchev–Trinajstić information content (AvgIpc) is 2.99. The fourth-order valence-corrected chi connectivity index (χ4v) is 2.18. The van der Waals surface area contributed by atoms with Gasteiger partial charge in [-0.3, -0.25) is 9.63 Å². The lowest BCUT2D eigenvalue weighted by atomic mass is 10.2. The number of nitrogens with zero attached hydrogens (tertiary/aromatic N) is 1. The monoisotopic (exact) mass is 299 g/mol. The van der Waals surface area contributed by atoms with E-state index in [0.29, 0.717) is 18.9 Å². The summed E-state index contributed by atoms with van der Waals surface area (Å²) in [6, 6.07) is 15.3. The molecule has 0 bridgehead atoms. The van der Waals surface area contributed by atoms with Gasteiger partial charge in [-0.15, -0.1) is 0 Å². The fourth-order valence-electron chi connectivity index (χ4n) is 2.18. The minimum atomic E-state index is -0.145. The lowest BCUT2D eigenvalue weighted by Crippen LogP contribution is -2.28. The molecule has 0 fully saturated rings. The molecule has 1 heterocycles. The summed E-state index contributed by atoms with van der Waals surface area (Å²) in [6.45, 7) is 2.43. The Bertz CT molecular complexity index is 657. The van der Waals surface area contributed by atoms with E-state index in [-0.39, 0.29) is 12.7 Å². The highest BCUT2D eigenvalue weighted by Gasteiger charge is 2.16. The second-order valence-electron chi connectivity index (χ2n) is 5.00. The number of hydrogen-bond acceptors (Lipinski definition) is 4. The van der Waals surface area contributed by atoms with Crippen LogP contribution in [0.3, 0.4) is 0 Å². The molecule has 114 valence electrons. The Labute approximate surface area is 129 Å². The third kappa shape index (κ3) is 3.38. The van der Waals surface area contributed by atoms with Gasteiger partial charge in [-0.05, 0) is 23.3 Å². The number of fused-ring (bicyclic) bond motifs is 1. The van der Waals surface area contributed by atoms with E-state index in [1.165, 1.54) is 12.0 Å². The Kier molecular flexibility index (Phi) is 4.25. The topological polar surface area (TPSA) is 48.0 Å². The van der Waals surface area contributed by atoms with Crippen LogP contribution in [0.4, 0.5) is 0 Å². The van der Waals surface area contributed by atoms with Crippen LogP contribution in [0.1, 0.15) is 18.1 Å². The highest BCUT2D eigenvalue weighted by molar-refractivity contribution is 5.72. The molecule has 5 heteroatoms. The van der Waals surface area contributed by atoms with Gasteiger partial charge >= 0.3 is 0 Å². The molecule has 0 unspecified atom stereocenters. The van der Waals surface area contributed by atoms with Crippen molar-refractivity contribution in [2.24, 2.45) is 0 Å². The largest absolute Gasteiger partial charge is 0.454 e. The maximum atomic E-state index is 11.7. The van der Waals surface area contributed by atoms with Crippen molar-refractivity contribution < 1.29 is 19.1 Å². The number of hydrogen-bond donors (Lipinski definition) is 0. The van der Waals surface area contributed by atoms with Crippen molar-refractivity contribution in [2.75, 3.05) is 6.79 Å². The Morgan fingerprint density at radius 3 is 2.64 bits per heavy atom. The summed E-state index contributed by atoms with van der Waals surface area (Å²) in [4.78, 5) is 17.4. The number of rotatable bonds is 5. The predicted molar refractivity (Wildman–Crippen MR) is 80.0 cm³/mol. The normalized spacial score (nSPS) is 12.2. The molecule has 22 heavy (non-hydrogen) atoms. The van der Waals surface area contributed by atoms with E-state index in [0.717, 1.165) is 16.9 Å². The van der Waals surface area contributed by atoms with Crippen LogP contribution in [0.25, 0.3) is 0 Å². The molecule has 0 aliphatic carbocycles. The Morgan fingerprint density at radius 1 is 1.09 bits per heavy atom. The highest BCUT2D eigenvalue weighted by Crippen LogP contribution is 2.32. The van der Waals surface area contributed by atoms with Gasteiger partial charge in [0.2, 0.25) is 12.7 Å². The number of hydroxylamine groups is 2. The lowest BCUT2D eigenvalue weighted by molar-refractivity contribution is -0.193. The molecule has 0 atom stereocenters. The summed E-state index contributed by atoms with van der Waals surface area (Å²) in [5, 5.41) is 1.35. The Balaban J connectivity index is 1.65. The molecule has 0 N–H and O–H groups in total. The van der Waals surface area contributed by atoms with Gasteiger partial charge in [0, 0.05) is 6.92 Å². The van der Waals surface area contributed by atoms with Crippen LogP contribution in [-0.2, 0) is 22.8 Å². The van der Waals surface area contributed by atoms with Gasteiger partial charge in [0.05, 0.1) is 6.54 Å². The van der Waals surface area contributed by atoms with Gasteiger partial charge in [-0.2, -0.15) is 0 Å². The van der Waals surface area contributed by atoms with Crippen LogP contribution in [0.5, 0.6) is 11.5 Å². The van der Waals surface area contributed by atoms with Crippen molar-refractivity contribution >= 4 is 5.91 Å². The van der Waals surface area contributed by atoms with Crippen molar-refractivity contribution in [1.29, 1.82) is 0 Å². The lowest BCUT2D eigenvalue weighted by Gasteiger charge is -2.20. The number of benzene rings is 2. The van der Waals surface area contributed by atoms with Crippen LogP contribution < -0.4 is 9.47 Å². The van der Waals surface area contributed by atoms with Gasteiger partial charge in [-0.25, -0.2) is 5.06 Å². The summed E-state index contributed by atoms with van der Waals surface area (Å²) in [7, 11) is 0. The second-order valence-corrected chi connectivity index (χ2v) is 5.00. The first-order chi connectivity index (χ1) is 10.7. The fraction of sp³-hybridized carbons (Fsp3) is 0.235. The molecule has 0 aromatic heterocycles. The average molecular weight is 299 g/mol. The molecular weight excluding hydrogens is 282 g/mol. The number of carbonyl (C=O) groups excluding carboxylic acids is 1. The molecule has 0 saturated heterocycles. The molecule has 5 nitrogen and oxygen atoms in total. The van der Waals surface area contributed by atoms with E-state index >= 15 is 0 Å². The summed E-state index contributed by atoms with van der Waals surface area (Å²) in [6.07, 6.45) is 0. The maximum Gasteiger partial charge on any atom is 0.243 e. The smallest absolute Gasteiger partial charge is 0.243 e. The Hall–Kier alpha value is -2.53. The van der Waals surface area contributed by atoms with Crippen molar-refractivity contribution in [3.63, 3.8) is 0 Å². The minimum absolute atomic E-state index is 0.145. The molecule has 1 aliphatic heterocycles. The van der Waals surface area contributed by atoms with Crippen LogP contribution >= 0.6 is 0 Å². The Morgan fingerprint density at radius 2 is 1.86 bits per heavy atom. The molecular formula is C17H17NO4. The summed E-state index contributed by atoms with van der Waals surface area (Å²) in [5.41, 5.74) is 1.94. The quantitative estimate of drug-likeness (QED) is 0.797. The zero-order valence-corrected chi connectivity index (χ0v) is 12.3. The number of ether oxygens (including phenoxy) is 2. The van der Waals surface area contributed by atoms with Gasteiger partial charge in [-0.1, -0.05) is 36.4 Å². The van der Waals surface area contributed by atoms with Crippen LogP contribution in [0.15, 0.2) is 48.5 Å². The summed E-state index contributed by atoms with van der Waals surface area (Å²) < 4.78 is 10.6. The predicted octanol–water partition coefficient (Wildman–Crippen LogP) is 2.90. The summed E-state index contributed by atoms with van der Waals surface area (Å²) in [5.74, 6) is 1.28. The third-order valence-corrected chi connectivity index (χ3v) is 3.34. The number of amides is 1. The van der Waals surface area contributed by atoms with Crippen molar-refractivity contribution in [2.45, 2.75) is 20.1 Å². The molecule has 0 saturated carbocycles. The summed E-state index contributed by atoms with van der Waals surface area (Å²) >= 11 is 0. The van der Waals surface area contributed by atoms with Crippen molar-refractivity contribution in [3.8, 4) is 11.5 Å². The molecule has 1 aliphatic rings. The van der Waals surface area contributed by atoms with Gasteiger partial charge in [0.25, 0.3) is 0 Å². The SMILES string of the molecule is CC(=O)N(Cc1ccc2c(c1)OCO2)OCc1ccccc1. The maximum absolute atomic E-state index is 11.7. The molecule has 2 aromatic carbocycles. The first-order valence-electron chi connectivity index (χ1n) is 7.06. The van der Waals surface area contributed by atoms with E-state index in [9.17, 15) is 4.79 Å². The zero-order chi connectivity index (χ0) is 15.4. The van der Waals surface area contributed by atoms with Crippen LogP contribution in [0.2, 0.25) is 0 Å². The molecule has 3 rings (SSSR count). The molecule has 1 amide bonds. The number of carbonyl (C=O) groups is 1. The standard InChI is InChI=1S/C17H17NO4/c1-13(19)18(22-11-14-5-3-2-4-6-14)10-15-7-8-16-17(9-15)21-12-20-16/h2-9H,10-12H2,1H3. The first-order valence-corrected chi connectivity index (χ1v) is 7.06. The highest BCUT2D eigenvalue weighted by atomic mass is 16.7. The van der Waals surface area contributed by atoms with Crippen molar-refractivity contribution in [1.82, 2.24) is 5.06 Å². The van der Waals surface area contributed by atoms with E-state index in [1.807, 2.05) is 48.5 Å². The first kappa shape index (κ1) is 14.4. The van der Waals surface area contributed by atoms with Crippen molar-refractivity contribution in [3.05, 3.63) is 59.7 Å². The minimum Gasteiger partial charge on any atom is -0.454 e. The van der Waals surface area contributed by atoms with Crippen LogP contribution in [0, 0.1) is 0 Å². The van der Waals surface area contributed by atoms with Gasteiger partial charge in [0.1, 0.15) is 6.61 Å².